The maximum absolute atomic E-state index is 13.6. The van der Waals surface area contributed by atoms with Gasteiger partial charge in [-0.15, -0.1) is 0 Å². The maximum Gasteiger partial charge on any atom is 0.278 e. The Hall–Kier alpha value is -3.41. The van der Waals surface area contributed by atoms with Crippen LogP contribution in [-0.2, 0) is 4.74 Å². The molecule has 2 aromatic carbocycles. The van der Waals surface area contributed by atoms with Crippen LogP contribution in [0.25, 0.3) is 12.2 Å². The normalized spacial score (nSPS) is 18.4. The molecule has 182 valence electrons. The number of rotatable bonds is 2. The lowest BCUT2D eigenvalue weighted by Crippen LogP contribution is -2.66. The molecule has 1 unspecified atom stereocenters. The molecular weight excluding hydrogens is 461 g/mol. The van der Waals surface area contributed by atoms with E-state index >= 15 is 0 Å². The number of hydrogen-bond acceptors (Lipinski definition) is 5. The van der Waals surface area contributed by atoms with Crippen LogP contribution in [0.3, 0.4) is 0 Å². The molecule has 1 fully saturated rings. The number of benzene rings is 2. The first kappa shape index (κ1) is 23.3. The third kappa shape index (κ3) is 3.76. The van der Waals surface area contributed by atoms with Gasteiger partial charge in [-0.2, -0.15) is 0 Å². The Morgan fingerprint density at radius 1 is 0.971 bits per heavy atom. The van der Waals surface area contributed by atoms with E-state index in [1.807, 2.05) is 38.1 Å². The standard InChI is InChI=1S/C25H22N3O4P.C2H6.H2/c29-20-11-12-27-23(24(20)32-33)25(30)26-13-14-31-15-21(26)28(27)22-18-7-3-1-5-16(18)9-10-17-6-2-4-8-19(17)22;1-2;/h1-12,21-22H,13-15,33H2;1-2H3;1H/t21-;;/m1../s1/i;;1+1. The Labute approximate surface area is 208 Å². The number of morpholine rings is 1. The van der Waals surface area contributed by atoms with E-state index in [-0.39, 0.29) is 36.4 Å². The van der Waals surface area contributed by atoms with E-state index in [2.05, 4.69) is 50.9 Å². The summed E-state index contributed by atoms with van der Waals surface area (Å²) in [5.41, 5.74) is 4.31. The van der Waals surface area contributed by atoms with Gasteiger partial charge in [0.1, 0.15) is 6.17 Å². The van der Waals surface area contributed by atoms with E-state index in [0.717, 1.165) is 22.3 Å². The highest BCUT2D eigenvalue weighted by molar-refractivity contribution is 7.10. The van der Waals surface area contributed by atoms with Gasteiger partial charge in [0.05, 0.1) is 28.7 Å². The molecule has 1 aromatic heterocycles. The summed E-state index contributed by atoms with van der Waals surface area (Å²) in [5, 5.41) is 2.15. The lowest BCUT2D eigenvalue weighted by atomic mass is 9.92. The molecule has 0 radical (unpaired) electrons. The Kier molecular flexibility index (Phi) is 6.46. The summed E-state index contributed by atoms with van der Waals surface area (Å²) >= 11 is 0. The molecule has 1 amide bonds. The van der Waals surface area contributed by atoms with E-state index in [1.165, 1.54) is 6.07 Å². The Morgan fingerprint density at radius 3 is 2.23 bits per heavy atom. The van der Waals surface area contributed by atoms with Crippen molar-refractivity contribution in [3.8, 4) is 5.75 Å². The van der Waals surface area contributed by atoms with Gasteiger partial charge in [-0.1, -0.05) is 74.5 Å². The topological polar surface area (TPSA) is 64.0 Å². The molecule has 0 bridgehead atoms. The second-order valence-electron chi connectivity index (χ2n) is 8.25. The monoisotopic (exact) mass is 492 g/mol. The van der Waals surface area contributed by atoms with Gasteiger partial charge >= 0.3 is 0 Å². The van der Waals surface area contributed by atoms with Gasteiger partial charge in [0.2, 0.25) is 11.2 Å². The van der Waals surface area contributed by atoms with Crippen LogP contribution in [0, 0.1) is 0 Å². The molecule has 0 N–H and O–H groups in total. The second-order valence-corrected chi connectivity index (χ2v) is 8.48. The van der Waals surface area contributed by atoms with Gasteiger partial charge in [-0.3, -0.25) is 19.3 Å². The Balaban J connectivity index is 0.000000990. The highest BCUT2D eigenvalue weighted by atomic mass is 31.0. The van der Waals surface area contributed by atoms with Gasteiger partial charge in [0.25, 0.3) is 5.91 Å². The van der Waals surface area contributed by atoms with Gasteiger partial charge in [0, 0.05) is 20.2 Å². The fraction of sp³-hybridized carbons (Fsp3) is 0.259. The first-order valence-corrected chi connectivity index (χ1v) is 12.3. The average molecular weight is 493 g/mol. The van der Waals surface area contributed by atoms with Crippen molar-refractivity contribution >= 4 is 27.5 Å². The van der Waals surface area contributed by atoms with Gasteiger partial charge in [-0.05, 0) is 22.3 Å². The quantitative estimate of drug-likeness (QED) is 0.499. The molecule has 3 heterocycles. The van der Waals surface area contributed by atoms with Crippen molar-refractivity contribution in [3.05, 3.63) is 99.0 Å². The van der Waals surface area contributed by atoms with Crippen LogP contribution < -0.4 is 15.0 Å². The summed E-state index contributed by atoms with van der Waals surface area (Å²) in [6, 6.07) is 17.7. The number of aromatic nitrogens is 1. The summed E-state index contributed by atoms with van der Waals surface area (Å²) in [4.78, 5) is 27.9. The van der Waals surface area contributed by atoms with Crippen LogP contribution in [0.15, 0.2) is 65.6 Å². The van der Waals surface area contributed by atoms with E-state index in [9.17, 15) is 9.59 Å². The smallest absolute Gasteiger partial charge is 0.278 e. The molecular formula is C27H30N3O4P. The molecule has 2 aliphatic heterocycles. The first-order chi connectivity index (χ1) is 17.2. The molecule has 7 nitrogen and oxygen atoms in total. The fourth-order valence-electron chi connectivity index (χ4n) is 5.09. The predicted octanol–water partition coefficient (Wildman–Crippen LogP) is 4.31. The van der Waals surface area contributed by atoms with Crippen molar-refractivity contribution in [3.63, 3.8) is 0 Å². The highest BCUT2D eigenvalue weighted by Crippen LogP contribution is 2.40. The minimum absolute atomic E-state index is 0. The lowest BCUT2D eigenvalue weighted by molar-refractivity contribution is -0.0195. The van der Waals surface area contributed by atoms with Gasteiger partial charge < -0.3 is 14.2 Å². The molecule has 3 aromatic rings. The first-order valence-electron chi connectivity index (χ1n) is 11.8. The average Bonchev–Trinajstić information content (AvgIpc) is 3.07. The van der Waals surface area contributed by atoms with Crippen LogP contribution in [0.1, 0.15) is 54.1 Å². The highest BCUT2D eigenvalue weighted by Gasteiger charge is 2.45. The predicted molar refractivity (Wildman–Crippen MR) is 142 cm³/mol. The zero-order valence-corrected chi connectivity index (χ0v) is 20.9. The van der Waals surface area contributed by atoms with Gasteiger partial charge in [0.15, 0.2) is 5.69 Å². The third-order valence-corrected chi connectivity index (χ3v) is 6.80. The van der Waals surface area contributed by atoms with Crippen molar-refractivity contribution in [2.24, 2.45) is 0 Å². The number of nitrogens with zero attached hydrogens (tertiary/aromatic N) is 3. The summed E-state index contributed by atoms with van der Waals surface area (Å²) in [6.45, 7) is 5.25. The Bertz CT molecular complexity index is 1310. The number of hydrogen-bond donors (Lipinski definition) is 0. The van der Waals surface area contributed by atoms with Crippen LogP contribution in [-0.4, -0.2) is 41.4 Å². The van der Waals surface area contributed by atoms with Crippen LogP contribution in [0.4, 0.5) is 0 Å². The van der Waals surface area contributed by atoms with E-state index < -0.39 is 0 Å². The van der Waals surface area contributed by atoms with Crippen LogP contribution in [0.2, 0.25) is 0 Å². The van der Waals surface area contributed by atoms with Crippen LogP contribution >= 0.6 is 9.47 Å². The summed E-state index contributed by atoms with van der Waals surface area (Å²) in [6.07, 6.45) is 5.57. The number of carbonyl (C=O) groups excluding carboxylic acids is 1. The van der Waals surface area contributed by atoms with E-state index in [1.54, 1.807) is 15.8 Å². The maximum atomic E-state index is 13.6. The van der Waals surface area contributed by atoms with Crippen molar-refractivity contribution in [2.45, 2.75) is 26.1 Å². The number of fused-ring (bicyclic) bond motifs is 4. The van der Waals surface area contributed by atoms with Crippen molar-refractivity contribution in [1.29, 1.82) is 0 Å². The van der Waals surface area contributed by atoms with E-state index in [4.69, 9.17) is 9.26 Å². The second kappa shape index (κ2) is 9.68. The van der Waals surface area contributed by atoms with Crippen molar-refractivity contribution in [1.82, 2.24) is 9.58 Å². The zero-order chi connectivity index (χ0) is 24.5. The molecule has 1 saturated heterocycles. The number of carbonyl (C=O) groups is 1. The molecule has 1 aliphatic carbocycles. The van der Waals surface area contributed by atoms with Crippen molar-refractivity contribution in [2.75, 3.05) is 24.8 Å². The fourth-order valence-corrected chi connectivity index (χ4v) is 5.32. The third-order valence-electron chi connectivity index (χ3n) is 6.56. The molecule has 6 rings (SSSR count). The largest absolute Gasteiger partial charge is 0.474 e. The molecule has 2 atom stereocenters. The number of ether oxygens (including phenoxy) is 1. The van der Waals surface area contributed by atoms with E-state index in [0.29, 0.717) is 19.8 Å². The molecule has 35 heavy (non-hydrogen) atoms. The zero-order valence-electron chi connectivity index (χ0n) is 19.8. The lowest BCUT2D eigenvalue weighted by Gasteiger charge is -2.51. The van der Waals surface area contributed by atoms with Crippen molar-refractivity contribution < 1.29 is 15.5 Å². The summed E-state index contributed by atoms with van der Waals surface area (Å²) < 4.78 is 13.0. The molecule has 8 heteroatoms. The summed E-state index contributed by atoms with van der Waals surface area (Å²) in [7, 11) is 2.10. The minimum Gasteiger partial charge on any atom is -0.474 e. The molecule has 3 aliphatic rings. The van der Waals surface area contributed by atoms with Gasteiger partial charge in [-0.25, -0.2) is 0 Å². The number of pyridine rings is 1. The molecule has 0 spiro atoms. The van der Waals surface area contributed by atoms with Crippen LogP contribution in [0.5, 0.6) is 5.75 Å². The Morgan fingerprint density at radius 2 is 1.60 bits per heavy atom. The minimum atomic E-state index is -0.345. The SMILES string of the molecule is CC.O=C1c2c(OP)c(=O)ccn2N(C2c3ccccc3C=Cc3ccccc32)[C@@H]2COCCN12.[2HH]. The molecule has 0 saturated carbocycles. The number of amides is 1. The summed E-state index contributed by atoms with van der Waals surface area (Å²) in [5.74, 6) is -0.209.